The molecule has 112 valence electrons. The smallest absolute Gasteiger partial charge is 0.259 e. The van der Waals surface area contributed by atoms with Gasteiger partial charge in [0.05, 0.1) is 13.1 Å². The summed E-state index contributed by atoms with van der Waals surface area (Å²) in [4.78, 5) is 20.2. The Balaban J connectivity index is 0. The molecule has 0 rings (SSSR count). The maximum Gasteiger partial charge on any atom is 0.259 e. The van der Waals surface area contributed by atoms with E-state index in [0.29, 0.717) is 5.06 Å². The summed E-state index contributed by atoms with van der Waals surface area (Å²) in [6.45, 7) is 4.58. The molecule has 0 heterocycles. The summed E-state index contributed by atoms with van der Waals surface area (Å²) in [5.74, 6) is 0.198. The maximum absolute atomic E-state index is 11.2. The highest BCUT2D eigenvalue weighted by molar-refractivity contribution is 7.57. The van der Waals surface area contributed by atoms with E-state index in [2.05, 4.69) is 11.2 Å². The van der Waals surface area contributed by atoms with Crippen LogP contribution in [0, 0.1) is 12.3 Å². The molecule has 0 saturated heterocycles. The highest BCUT2D eigenvalue weighted by atomic mass is 31.2. The third kappa shape index (κ3) is 10.7. The van der Waals surface area contributed by atoms with E-state index in [9.17, 15) is 14.5 Å². The number of carbonyl (C=O) groups is 1. The molecule has 2 atom stereocenters. The average Bonchev–Trinajstić information content (AvgIpc) is 2.36. The fraction of sp³-hybridized carbons (Fsp3) is 0.727. The van der Waals surface area contributed by atoms with Crippen LogP contribution in [-0.2, 0) is 9.36 Å². The van der Waals surface area contributed by atoms with Crippen LogP contribution in [0.25, 0.3) is 0 Å². The standard InChI is InChI=1S/C9H17N2O5P.C2H6/c1-3-4-5-11(14)8(12)6-10-7-9(13)17(2,15)16;1-2/h1,9-10,13-14H,4-7H2,2H3,(H,15,16);1-2H3. The summed E-state index contributed by atoms with van der Waals surface area (Å²) in [5.41, 5.74) is 0. The third-order valence-corrected chi connectivity index (χ3v) is 3.20. The number of hydrogen-bond donors (Lipinski definition) is 4. The van der Waals surface area contributed by atoms with Crippen LogP contribution in [0.1, 0.15) is 20.3 Å². The van der Waals surface area contributed by atoms with Gasteiger partial charge >= 0.3 is 0 Å². The van der Waals surface area contributed by atoms with Crippen molar-refractivity contribution in [3.8, 4) is 12.3 Å². The summed E-state index contributed by atoms with van der Waals surface area (Å²) < 4.78 is 11.0. The van der Waals surface area contributed by atoms with Crippen molar-refractivity contribution in [2.24, 2.45) is 0 Å². The first-order valence-electron chi connectivity index (χ1n) is 5.90. The molecule has 0 fully saturated rings. The van der Waals surface area contributed by atoms with Crippen LogP contribution < -0.4 is 5.32 Å². The number of aliphatic hydroxyl groups is 1. The fourth-order valence-corrected chi connectivity index (χ4v) is 1.33. The molecule has 0 aromatic carbocycles. The summed E-state index contributed by atoms with van der Waals surface area (Å²) in [6.07, 6.45) is 5.19. The SMILES string of the molecule is C#CCCN(O)C(=O)CNCC(O)P(C)(=O)O.CC. The molecule has 0 radical (unpaired) electrons. The van der Waals surface area contributed by atoms with Crippen molar-refractivity contribution in [1.82, 2.24) is 10.4 Å². The Kier molecular flexibility index (Phi) is 11.8. The van der Waals surface area contributed by atoms with Gasteiger partial charge in [-0.25, -0.2) is 5.06 Å². The molecule has 0 aromatic heterocycles. The van der Waals surface area contributed by atoms with Gasteiger partial charge in [0.25, 0.3) is 5.91 Å². The van der Waals surface area contributed by atoms with Crippen LogP contribution in [0.15, 0.2) is 0 Å². The minimum absolute atomic E-state index is 0.0197. The second-order valence-corrected chi connectivity index (χ2v) is 6.01. The van der Waals surface area contributed by atoms with Crippen LogP contribution >= 0.6 is 7.37 Å². The Bertz CT molecular complexity index is 336. The van der Waals surface area contributed by atoms with Gasteiger partial charge in [-0.1, -0.05) is 13.8 Å². The Morgan fingerprint density at radius 2 is 2.05 bits per heavy atom. The number of amides is 1. The van der Waals surface area contributed by atoms with Crippen LogP contribution in [-0.4, -0.2) is 58.3 Å². The van der Waals surface area contributed by atoms with E-state index in [1.807, 2.05) is 13.8 Å². The molecule has 8 heteroatoms. The zero-order chi connectivity index (χ0) is 15.5. The van der Waals surface area contributed by atoms with Crippen LogP contribution in [0.5, 0.6) is 0 Å². The van der Waals surface area contributed by atoms with E-state index < -0.39 is 19.1 Å². The Labute approximate surface area is 114 Å². The van der Waals surface area contributed by atoms with Gasteiger partial charge in [-0.2, -0.15) is 0 Å². The van der Waals surface area contributed by atoms with E-state index in [0.717, 1.165) is 6.66 Å². The summed E-state index contributed by atoms with van der Waals surface area (Å²) in [7, 11) is -3.58. The quantitative estimate of drug-likeness (QED) is 0.229. The molecule has 1 amide bonds. The molecule has 4 N–H and O–H groups in total. The number of hydroxylamine groups is 2. The Hall–Kier alpha value is -0.900. The topological polar surface area (TPSA) is 110 Å². The maximum atomic E-state index is 11.2. The number of carbonyl (C=O) groups excluding carboxylic acids is 1. The second-order valence-electron chi connectivity index (χ2n) is 3.53. The lowest BCUT2D eigenvalue weighted by atomic mass is 10.4. The molecule has 19 heavy (non-hydrogen) atoms. The van der Waals surface area contributed by atoms with Crippen molar-refractivity contribution >= 4 is 13.3 Å². The molecule has 0 aromatic rings. The number of nitrogens with one attached hydrogen (secondary N) is 1. The molecule has 0 aliphatic rings. The second kappa shape index (κ2) is 11.0. The molecule has 0 aliphatic carbocycles. The lowest BCUT2D eigenvalue weighted by Gasteiger charge is -2.16. The van der Waals surface area contributed by atoms with Gasteiger partial charge in [-0.3, -0.25) is 14.6 Å². The van der Waals surface area contributed by atoms with E-state index in [4.69, 9.17) is 16.5 Å². The van der Waals surface area contributed by atoms with Crippen LogP contribution in [0.2, 0.25) is 0 Å². The molecule has 2 unspecified atom stereocenters. The van der Waals surface area contributed by atoms with Crippen molar-refractivity contribution in [3.63, 3.8) is 0 Å². The number of terminal acetylenes is 1. The summed E-state index contributed by atoms with van der Waals surface area (Å²) >= 11 is 0. The molecular formula is C11H23N2O5P. The first-order chi connectivity index (χ1) is 8.79. The van der Waals surface area contributed by atoms with Gasteiger partial charge in [-0.15, -0.1) is 12.3 Å². The van der Waals surface area contributed by atoms with Gasteiger partial charge < -0.3 is 15.3 Å². The van der Waals surface area contributed by atoms with Gasteiger partial charge in [0.2, 0.25) is 7.37 Å². The normalized spacial score (nSPS) is 14.4. The largest absolute Gasteiger partial charge is 0.382 e. The van der Waals surface area contributed by atoms with Crippen molar-refractivity contribution in [2.45, 2.75) is 26.1 Å². The van der Waals surface area contributed by atoms with Crippen LogP contribution in [0.3, 0.4) is 0 Å². The Morgan fingerprint density at radius 1 is 1.53 bits per heavy atom. The van der Waals surface area contributed by atoms with Crippen molar-refractivity contribution < 1.29 is 24.6 Å². The van der Waals surface area contributed by atoms with E-state index in [1.54, 1.807) is 0 Å². The average molecular weight is 294 g/mol. The van der Waals surface area contributed by atoms with E-state index >= 15 is 0 Å². The zero-order valence-electron chi connectivity index (χ0n) is 11.5. The summed E-state index contributed by atoms with van der Waals surface area (Å²) in [5, 5.41) is 21.3. The molecular weight excluding hydrogens is 271 g/mol. The number of aliphatic hydroxyl groups excluding tert-OH is 1. The predicted molar refractivity (Wildman–Crippen MR) is 72.9 cm³/mol. The highest BCUT2D eigenvalue weighted by Gasteiger charge is 2.22. The fourth-order valence-electron chi connectivity index (χ4n) is 0.864. The molecule has 0 saturated carbocycles. The monoisotopic (exact) mass is 294 g/mol. The minimum Gasteiger partial charge on any atom is -0.382 e. The lowest BCUT2D eigenvalue weighted by Crippen LogP contribution is -2.39. The van der Waals surface area contributed by atoms with Gasteiger partial charge in [0.15, 0.2) is 0 Å². The first-order valence-corrected chi connectivity index (χ1v) is 8.08. The highest BCUT2D eigenvalue weighted by Crippen LogP contribution is 2.39. The number of hydrogen-bond acceptors (Lipinski definition) is 5. The number of rotatable bonds is 7. The van der Waals surface area contributed by atoms with Gasteiger partial charge in [0, 0.05) is 19.6 Å². The van der Waals surface area contributed by atoms with Gasteiger partial charge in [0.1, 0.15) is 5.85 Å². The molecule has 7 nitrogen and oxygen atoms in total. The van der Waals surface area contributed by atoms with E-state index in [-0.39, 0.29) is 26.1 Å². The first kappa shape index (κ1) is 20.4. The minimum atomic E-state index is -3.58. The molecule has 0 bridgehead atoms. The zero-order valence-corrected chi connectivity index (χ0v) is 12.4. The molecule has 0 spiro atoms. The predicted octanol–water partition coefficient (Wildman–Crippen LogP) is 0.0619. The summed E-state index contributed by atoms with van der Waals surface area (Å²) in [6, 6.07) is 0. The third-order valence-electron chi connectivity index (χ3n) is 1.91. The molecule has 0 aliphatic heterocycles. The van der Waals surface area contributed by atoms with E-state index in [1.165, 1.54) is 0 Å². The van der Waals surface area contributed by atoms with Crippen LogP contribution in [0.4, 0.5) is 0 Å². The number of nitrogens with zero attached hydrogens (tertiary/aromatic N) is 1. The van der Waals surface area contributed by atoms with Gasteiger partial charge in [-0.05, 0) is 0 Å². The van der Waals surface area contributed by atoms with Crippen molar-refractivity contribution in [2.75, 3.05) is 26.3 Å². The van der Waals surface area contributed by atoms with Crippen molar-refractivity contribution in [1.29, 1.82) is 0 Å². The Morgan fingerprint density at radius 3 is 2.47 bits per heavy atom. The lowest BCUT2D eigenvalue weighted by molar-refractivity contribution is -0.163. The van der Waals surface area contributed by atoms with Crippen molar-refractivity contribution in [3.05, 3.63) is 0 Å².